The van der Waals surface area contributed by atoms with Gasteiger partial charge in [0.2, 0.25) is 0 Å². The van der Waals surface area contributed by atoms with Crippen molar-refractivity contribution in [3.63, 3.8) is 0 Å². The van der Waals surface area contributed by atoms with Crippen LogP contribution in [0.4, 0.5) is 5.69 Å². The van der Waals surface area contributed by atoms with Gasteiger partial charge in [-0.05, 0) is 0 Å². The molecule has 0 aromatic heterocycles. The fraction of sp³-hybridized carbons (Fsp3) is 0.438. The fourth-order valence-corrected chi connectivity index (χ4v) is 3.28. The van der Waals surface area contributed by atoms with Gasteiger partial charge in [-0.1, -0.05) is 23.2 Å². The van der Waals surface area contributed by atoms with Gasteiger partial charge in [0, 0.05) is 51.4 Å². The number of carbonyl (C=O) groups is 1. The molecule has 0 spiro atoms. The molecular formula is C16H20Cl2N2O3. The number of piperidine rings is 1. The number of ketones is 1. The Kier molecular flexibility index (Phi) is 5.65. The number of nitrogens with zero attached hydrogens (tertiary/aromatic N) is 2. The van der Waals surface area contributed by atoms with E-state index in [4.69, 9.17) is 32.7 Å². The van der Waals surface area contributed by atoms with Crippen molar-refractivity contribution < 1.29 is 14.3 Å². The molecule has 0 radical (unpaired) electrons. The van der Waals surface area contributed by atoms with Crippen LogP contribution < -0.4 is 14.4 Å². The number of halogens is 2. The zero-order valence-electron chi connectivity index (χ0n) is 13.7. The first kappa shape index (κ1) is 17.8. The molecule has 7 heteroatoms. The number of benzene rings is 1. The molecule has 0 bridgehead atoms. The first-order valence-corrected chi connectivity index (χ1v) is 7.89. The molecule has 1 aliphatic rings. The molecule has 126 valence electrons. The van der Waals surface area contributed by atoms with E-state index in [1.807, 2.05) is 30.1 Å². The van der Waals surface area contributed by atoms with Gasteiger partial charge in [-0.25, -0.2) is 0 Å². The second kappa shape index (κ2) is 7.32. The van der Waals surface area contributed by atoms with E-state index in [1.54, 1.807) is 6.07 Å². The Morgan fingerprint density at radius 1 is 1.17 bits per heavy atom. The summed E-state index contributed by atoms with van der Waals surface area (Å²) >= 11 is 12.9. The van der Waals surface area contributed by atoms with E-state index in [0.717, 1.165) is 5.57 Å². The molecule has 0 atom stereocenters. The molecule has 1 aromatic rings. The van der Waals surface area contributed by atoms with Gasteiger partial charge < -0.3 is 19.3 Å². The van der Waals surface area contributed by atoms with Gasteiger partial charge in [0.1, 0.15) is 21.5 Å². The van der Waals surface area contributed by atoms with E-state index < -0.39 is 0 Å². The van der Waals surface area contributed by atoms with E-state index >= 15 is 0 Å². The van der Waals surface area contributed by atoms with E-state index in [-0.39, 0.29) is 5.78 Å². The Morgan fingerprint density at radius 2 is 1.74 bits per heavy atom. The van der Waals surface area contributed by atoms with Crippen LogP contribution in [0.25, 0.3) is 0 Å². The number of rotatable bonds is 4. The second-order valence-corrected chi connectivity index (χ2v) is 6.23. The highest BCUT2D eigenvalue weighted by atomic mass is 35.5. The highest BCUT2D eigenvalue weighted by Gasteiger charge is 2.28. The van der Waals surface area contributed by atoms with E-state index in [0.29, 0.717) is 46.7 Å². The Hall–Kier alpha value is -1.59. The van der Waals surface area contributed by atoms with E-state index in [2.05, 4.69) is 0 Å². The van der Waals surface area contributed by atoms with Crippen LogP contribution in [-0.2, 0) is 4.79 Å². The Balaban J connectivity index is 2.47. The SMILES string of the molecule is COc1cc(OC)c(Cl)c(N2CCC(=O)/C(=C/N(C)C)C2)c1Cl. The summed E-state index contributed by atoms with van der Waals surface area (Å²) in [5.41, 5.74) is 1.34. The number of anilines is 1. The first-order valence-electron chi connectivity index (χ1n) is 7.14. The molecule has 0 aliphatic carbocycles. The predicted octanol–water partition coefficient (Wildman–Crippen LogP) is 3.24. The quantitative estimate of drug-likeness (QED) is 0.772. The van der Waals surface area contributed by atoms with Crippen molar-refractivity contribution in [2.75, 3.05) is 46.3 Å². The summed E-state index contributed by atoms with van der Waals surface area (Å²) in [7, 11) is 6.84. The molecule has 1 aliphatic heterocycles. The molecule has 1 aromatic carbocycles. The van der Waals surface area contributed by atoms with Crippen LogP contribution in [0, 0.1) is 0 Å². The molecule has 0 N–H and O–H groups in total. The highest BCUT2D eigenvalue weighted by Crippen LogP contribution is 2.46. The Bertz CT molecular complexity index is 616. The zero-order valence-corrected chi connectivity index (χ0v) is 15.2. The summed E-state index contributed by atoms with van der Waals surface area (Å²) in [6, 6.07) is 1.65. The van der Waals surface area contributed by atoms with Crippen LogP contribution in [0.2, 0.25) is 10.0 Å². The molecule has 2 rings (SSSR count). The van der Waals surface area contributed by atoms with Gasteiger partial charge in [-0.15, -0.1) is 0 Å². The molecule has 1 heterocycles. The smallest absolute Gasteiger partial charge is 0.163 e. The van der Waals surface area contributed by atoms with E-state index in [9.17, 15) is 4.79 Å². The molecule has 0 amide bonds. The summed E-state index contributed by atoms with van der Waals surface area (Å²) in [6.45, 7) is 0.978. The van der Waals surface area contributed by atoms with Crippen LogP contribution in [0.15, 0.2) is 17.8 Å². The number of ether oxygens (including phenoxy) is 2. The minimum Gasteiger partial charge on any atom is -0.495 e. The minimum atomic E-state index is 0.136. The fourth-order valence-electron chi connectivity index (χ4n) is 2.54. The average Bonchev–Trinajstić information content (AvgIpc) is 2.50. The number of hydrogen-bond donors (Lipinski definition) is 0. The van der Waals surface area contributed by atoms with Crippen molar-refractivity contribution >= 4 is 34.7 Å². The summed E-state index contributed by atoms with van der Waals surface area (Å²) in [4.78, 5) is 15.9. The van der Waals surface area contributed by atoms with Crippen molar-refractivity contribution in [3.05, 3.63) is 27.9 Å². The molecule has 1 fully saturated rings. The van der Waals surface area contributed by atoms with Crippen LogP contribution in [0.5, 0.6) is 11.5 Å². The molecule has 5 nitrogen and oxygen atoms in total. The van der Waals surface area contributed by atoms with Crippen LogP contribution in [0.1, 0.15) is 6.42 Å². The van der Waals surface area contributed by atoms with Crippen LogP contribution in [-0.4, -0.2) is 52.1 Å². The standard InChI is InChI=1S/C16H20Cl2N2O3/c1-19(2)8-10-9-20(6-5-11(10)21)16-14(17)12(22-3)7-13(23-4)15(16)18/h7-8H,5-6,9H2,1-4H3/b10-8+. The van der Waals surface area contributed by atoms with Crippen LogP contribution in [0.3, 0.4) is 0 Å². The minimum absolute atomic E-state index is 0.136. The monoisotopic (exact) mass is 358 g/mol. The summed E-state index contributed by atoms with van der Waals surface area (Å²) in [5.74, 6) is 1.10. The third-order valence-corrected chi connectivity index (χ3v) is 4.34. The second-order valence-electron chi connectivity index (χ2n) is 5.47. The molecule has 0 saturated carbocycles. The topological polar surface area (TPSA) is 42.0 Å². The maximum absolute atomic E-state index is 12.1. The van der Waals surface area contributed by atoms with Gasteiger partial charge in [-0.3, -0.25) is 4.79 Å². The predicted molar refractivity (Wildman–Crippen MR) is 93.2 cm³/mol. The van der Waals surface area contributed by atoms with Crippen LogP contribution >= 0.6 is 23.2 Å². The molecule has 23 heavy (non-hydrogen) atoms. The van der Waals surface area contributed by atoms with E-state index in [1.165, 1.54) is 14.2 Å². The number of carbonyl (C=O) groups excluding carboxylic acids is 1. The third-order valence-electron chi connectivity index (χ3n) is 3.61. The maximum atomic E-state index is 12.1. The normalized spacial score (nSPS) is 16.7. The number of Topliss-reactive ketones (excluding diaryl/α,β-unsaturated/α-hetero) is 1. The van der Waals surface area contributed by atoms with Crippen molar-refractivity contribution in [1.29, 1.82) is 0 Å². The summed E-state index contributed by atoms with van der Waals surface area (Å²) in [6.07, 6.45) is 2.24. The van der Waals surface area contributed by atoms with Crippen molar-refractivity contribution in [1.82, 2.24) is 4.90 Å². The Morgan fingerprint density at radius 3 is 2.22 bits per heavy atom. The summed E-state index contributed by atoms with van der Waals surface area (Å²) < 4.78 is 10.6. The van der Waals surface area contributed by atoms with Crippen molar-refractivity contribution in [2.24, 2.45) is 0 Å². The maximum Gasteiger partial charge on any atom is 0.163 e. The Labute approximate surface area is 146 Å². The lowest BCUT2D eigenvalue weighted by Crippen LogP contribution is -2.36. The molecule has 1 saturated heterocycles. The molecule has 0 unspecified atom stereocenters. The molecular weight excluding hydrogens is 339 g/mol. The number of methoxy groups -OCH3 is 2. The van der Waals surface area contributed by atoms with Gasteiger partial charge >= 0.3 is 0 Å². The lowest BCUT2D eigenvalue weighted by molar-refractivity contribution is -0.116. The lowest BCUT2D eigenvalue weighted by atomic mass is 10.0. The van der Waals surface area contributed by atoms with Crippen molar-refractivity contribution in [3.8, 4) is 11.5 Å². The average molecular weight is 359 g/mol. The number of hydrogen-bond acceptors (Lipinski definition) is 5. The lowest BCUT2D eigenvalue weighted by Gasteiger charge is -2.32. The van der Waals surface area contributed by atoms with Gasteiger partial charge in [0.25, 0.3) is 0 Å². The van der Waals surface area contributed by atoms with Gasteiger partial charge in [0.05, 0.1) is 19.9 Å². The van der Waals surface area contributed by atoms with Gasteiger partial charge in [-0.2, -0.15) is 0 Å². The largest absolute Gasteiger partial charge is 0.495 e. The highest BCUT2D eigenvalue weighted by molar-refractivity contribution is 6.41. The van der Waals surface area contributed by atoms with Gasteiger partial charge in [0.15, 0.2) is 5.78 Å². The summed E-state index contributed by atoms with van der Waals surface area (Å²) in [5, 5.41) is 0.828. The van der Waals surface area contributed by atoms with Crippen molar-refractivity contribution in [2.45, 2.75) is 6.42 Å². The zero-order chi connectivity index (χ0) is 17.1. The first-order chi connectivity index (χ1) is 10.9. The third kappa shape index (κ3) is 3.67.